The van der Waals surface area contributed by atoms with Gasteiger partial charge in [0, 0.05) is 18.2 Å². The summed E-state index contributed by atoms with van der Waals surface area (Å²) < 4.78 is 27.4. The van der Waals surface area contributed by atoms with Crippen molar-refractivity contribution in [3.8, 4) is 5.75 Å². The van der Waals surface area contributed by atoms with E-state index >= 15 is 0 Å². The summed E-state index contributed by atoms with van der Waals surface area (Å²) in [6, 6.07) is 16.9. The van der Waals surface area contributed by atoms with E-state index in [0.29, 0.717) is 12.0 Å². The van der Waals surface area contributed by atoms with Gasteiger partial charge in [0.2, 0.25) is 0 Å². The number of aryl methyl sites for hydroxylation is 1. The molecule has 0 aliphatic carbocycles. The van der Waals surface area contributed by atoms with E-state index in [2.05, 4.69) is 0 Å². The van der Waals surface area contributed by atoms with Gasteiger partial charge in [-0.3, -0.25) is 14.5 Å². The van der Waals surface area contributed by atoms with Gasteiger partial charge in [-0.15, -0.1) is 0 Å². The van der Waals surface area contributed by atoms with Crippen LogP contribution >= 0.6 is 0 Å². The molecule has 7 heteroatoms. The van der Waals surface area contributed by atoms with Gasteiger partial charge in [-0.05, 0) is 41.8 Å². The van der Waals surface area contributed by atoms with Crippen molar-refractivity contribution in [1.82, 2.24) is 0 Å². The van der Waals surface area contributed by atoms with Crippen LogP contribution in [0, 0.1) is 11.6 Å². The Morgan fingerprint density at radius 2 is 1.66 bits per heavy atom. The molecule has 0 saturated carbocycles. The number of nitrogens with zero attached hydrogens (tertiary/aromatic N) is 1. The van der Waals surface area contributed by atoms with Gasteiger partial charge in [0.05, 0.1) is 11.6 Å². The molecule has 1 aliphatic heterocycles. The second-order valence-electron chi connectivity index (χ2n) is 7.44. The van der Waals surface area contributed by atoms with Crippen LogP contribution in [0.3, 0.4) is 0 Å². The molecular formula is C25H19F2NO4. The number of ketones is 1. The monoisotopic (exact) mass is 435 g/mol. The number of aromatic hydroxyl groups is 1. The molecule has 0 aromatic heterocycles. The Balaban J connectivity index is 1.75. The molecule has 0 spiro atoms. The molecule has 1 amide bonds. The van der Waals surface area contributed by atoms with E-state index in [9.17, 15) is 28.6 Å². The summed E-state index contributed by atoms with van der Waals surface area (Å²) in [5.41, 5.74) is 1.08. The van der Waals surface area contributed by atoms with Gasteiger partial charge in [0.25, 0.3) is 5.91 Å². The predicted octanol–water partition coefficient (Wildman–Crippen LogP) is 4.77. The predicted molar refractivity (Wildman–Crippen MR) is 114 cm³/mol. The number of aliphatic hydroxyl groups excluding tert-OH is 1. The Morgan fingerprint density at radius 1 is 0.906 bits per heavy atom. The van der Waals surface area contributed by atoms with Gasteiger partial charge < -0.3 is 10.2 Å². The maximum atomic E-state index is 13.9. The highest BCUT2D eigenvalue weighted by Gasteiger charge is 2.44. The highest BCUT2D eigenvalue weighted by molar-refractivity contribution is 6.16. The van der Waals surface area contributed by atoms with E-state index in [0.717, 1.165) is 22.6 Å². The molecule has 0 bridgehead atoms. The van der Waals surface area contributed by atoms with Gasteiger partial charge in [0.1, 0.15) is 5.75 Å². The average molecular weight is 435 g/mol. The van der Waals surface area contributed by atoms with Crippen LogP contribution < -0.4 is 4.90 Å². The first kappa shape index (κ1) is 21.2. The number of hydrogen-bond acceptors (Lipinski definition) is 4. The summed E-state index contributed by atoms with van der Waals surface area (Å²) in [4.78, 5) is 27.1. The molecule has 32 heavy (non-hydrogen) atoms. The maximum Gasteiger partial charge on any atom is 0.294 e. The van der Waals surface area contributed by atoms with Crippen LogP contribution in [0.5, 0.6) is 5.75 Å². The summed E-state index contributed by atoms with van der Waals surface area (Å²) in [7, 11) is 0. The van der Waals surface area contributed by atoms with Gasteiger partial charge >= 0.3 is 0 Å². The SMILES string of the molecule is O=C(CCc1ccccc1)C1=C(O)C(=O)N(c2ccc(F)c(F)c2)C1c1cccc(O)c1. The first-order valence-corrected chi connectivity index (χ1v) is 9.94. The van der Waals surface area contributed by atoms with E-state index < -0.39 is 35.1 Å². The number of hydrogen-bond donors (Lipinski definition) is 2. The highest BCUT2D eigenvalue weighted by Crippen LogP contribution is 2.42. The largest absolute Gasteiger partial charge is 0.508 e. The van der Waals surface area contributed by atoms with E-state index in [1.165, 1.54) is 24.3 Å². The maximum absolute atomic E-state index is 13.9. The standard InChI is InChI=1S/C25H19F2NO4/c26-19-11-10-17(14-20(19)27)28-23(16-7-4-8-18(29)13-16)22(24(31)25(28)32)21(30)12-9-15-5-2-1-3-6-15/h1-8,10-11,13-14,23,29,31H,9,12H2. The zero-order valence-electron chi connectivity index (χ0n) is 16.8. The van der Waals surface area contributed by atoms with Crippen molar-refractivity contribution in [1.29, 1.82) is 0 Å². The third-order valence-corrected chi connectivity index (χ3v) is 5.36. The second kappa shape index (κ2) is 8.63. The van der Waals surface area contributed by atoms with Gasteiger partial charge in [-0.2, -0.15) is 0 Å². The third kappa shape index (κ3) is 3.97. The van der Waals surface area contributed by atoms with E-state index in [-0.39, 0.29) is 23.4 Å². The highest BCUT2D eigenvalue weighted by atomic mass is 19.2. The van der Waals surface area contributed by atoms with Crippen LogP contribution in [0.25, 0.3) is 0 Å². The number of phenolic OH excluding ortho intramolecular Hbond substituents is 1. The molecule has 162 valence electrons. The number of amides is 1. The van der Waals surface area contributed by atoms with Crippen LogP contribution in [0.2, 0.25) is 0 Å². The number of rotatable bonds is 6. The molecular weight excluding hydrogens is 416 g/mol. The summed E-state index contributed by atoms with van der Waals surface area (Å²) in [6.45, 7) is 0. The Morgan fingerprint density at radius 3 is 2.34 bits per heavy atom. The molecule has 1 heterocycles. The van der Waals surface area contributed by atoms with E-state index in [1.54, 1.807) is 6.07 Å². The zero-order chi connectivity index (χ0) is 22.8. The lowest BCUT2D eigenvalue weighted by atomic mass is 9.93. The normalized spacial score (nSPS) is 16.0. The Kier molecular flexibility index (Phi) is 5.73. The molecule has 0 radical (unpaired) electrons. The Bertz CT molecular complexity index is 1220. The fraction of sp³-hybridized carbons (Fsp3) is 0.120. The molecule has 1 atom stereocenters. The molecule has 4 rings (SSSR count). The van der Waals surface area contributed by atoms with Crippen LogP contribution in [0.1, 0.15) is 23.6 Å². The summed E-state index contributed by atoms with van der Waals surface area (Å²) in [6.07, 6.45) is 0.417. The summed E-state index contributed by atoms with van der Waals surface area (Å²) in [5.74, 6) is -4.49. The number of halogens is 2. The molecule has 1 unspecified atom stereocenters. The van der Waals surface area contributed by atoms with Crippen LogP contribution in [-0.4, -0.2) is 21.9 Å². The number of anilines is 1. The molecule has 3 aromatic carbocycles. The lowest BCUT2D eigenvalue weighted by molar-refractivity contribution is -0.118. The fourth-order valence-electron chi connectivity index (χ4n) is 3.84. The smallest absolute Gasteiger partial charge is 0.294 e. The number of phenols is 1. The summed E-state index contributed by atoms with van der Waals surface area (Å²) >= 11 is 0. The van der Waals surface area contributed by atoms with Crippen molar-refractivity contribution < 1.29 is 28.6 Å². The van der Waals surface area contributed by atoms with Crippen LogP contribution in [0.15, 0.2) is 84.1 Å². The second-order valence-corrected chi connectivity index (χ2v) is 7.44. The number of benzene rings is 3. The number of carbonyl (C=O) groups is 2. The number of aliphatic hydroxyl groups is 1. The number of Topliss-reactive ketones (excluding diaryl/α,β-unsaturated/α-hetero) is 1. The molecule has 0 saturated heterocycles. The first-order valence-electron chi connectivity index (χ1n) is 9.94. The van der Waals surface area contributed by atoms with Crippen molar-refractivity contribution >= 4 is 17.4 Å². The fourth-order valence-corrected chi connectivity index (χ4v) is 3.84. The Hall–Kier alpha value is -4.00. The average Bonchev–Trinajstić information content (AvgIpc) is 3.05. The first-order chi connectivity index (χ1) is 15.4. The Labute approximate surface area is 182 Å². The van der Waals surface area contributed by atoms with Gasteiger partial charge in [0.15, 0.2) is 23.2 Å². The molecule has 0 fully saturated rings. The zero-order valence-corrected chi connectivity index (χ0v) is 16.8. The van der Waals surface area contributed by atoms with Gasteiger partial charge in [-0.1, -0.05) is 42.5 Å². The topological polar surface area (TPSA) is 77.8 Å². The third-order valence-electron chi connectivity index (χ3n) is 5.36. The van der Waals surface area contributed by atoms with Crippen LogP contribution in [0.4, 0.5) is 14.5 Å². The van der Waals surface area contributed by atoms with Crippen molar-refractivity contribution in [2.24, 2.45) is 0 Å². The lowest BCUT2D eigenvalue weighted by Gasteiger charge is -2.27. The minimum Gasteiger partial charge on any atom is -0.508 e. The molecule has 3 aromatic rings. The minimum absolute atomic E-state index is 0.0254. The summed E-state index contributed by atoms with van der Waals surface area (Å²) in [5, 5.41) is 20.6. The molecule has 5 nitrogen and oxygen atoms in total. The van der Waals surface area contributed by atoms with E-state index in [4.69, 9.17) is 0 Å². The lowest BCUT2D eigenvalue weighted by Crippen LogP contribution is -2.31. The minimum atomic E-state index is -1.17. The van der Waals surface area contributed by atoms with Crippen molar-refractivity contribution in [2.45, 2.75) is 18.9 Å². The van der Waals surface area contributed by atoms with Crippen molar-refractivity contribution in [2.75, 3.05) is 4.90 Å². The molecule has 2 N–H and O–H groups in total. The van der Waals surface area contributed by atoms with Crippen molar-refractivity contribution in [3.05, 3.63) is 107 Å². The molecule has 1 aliphatic rings. The van der Waals surface area contributed by atoms with Gasteiger partial charge in [-0.25, -0.2) is 8.78 Å². The quantitative estimate of drug-likeness (QED) is 0.585. The number of carbonyl (C=O) groups excluding carboxylic acids is 2. The van der Waals surface area contributed by atoms with Crippen molar-refractivity contribution in [3.63, 3.8) is 0 Å². The van der Waals surface area contributed by atoms with E-state index in [1.807, 2.05) is 30.3 Å². The van der Waals surface area contributed by atoms with Crippen LogP contribution in [-0.2, 0) is 16.0 Å².